The number of benzene rings is 1. The molecule has 0 unspecified atom stereocenters. The highest BCUT2D eigenvalue weighted by Crippen LogP contribution is 2.22. The normalized spacial score (nSPS) is 10.7. The Morgan fingerprint density at radius 1 is 1.14 bits per heavy atom. The van der Waals surface area contributed by atoms with Crippen LogP contribution in [0.4, 0.5) is 0 Å². The number of aromatic nitrogens is 1. The predicted molar refractivity (Wildman–Crippen MR) is 84.7 cm³/mol. The maximum absolute atomic E-state index is 11.4. The van der Waals surface area contributed by atoms with E-state index < -0.39 is 0 Å². The van der Waals surface area contributed by atoms with E-state index in [1.807, 2.05) is 43.3 Å². The molecule has 1 aromatic carbocycles. The fourth-order valence-corrected chi connectivity index (χ4v) is 2.08. The minimum atomic E-state index is 0.0454. The van der Waals surface area contributed by atoms with Crippen LogP contribution in [0.3, 0.4) is 0 Å². The van der Waals surface area contributed by atoms with Crippen LogP contribution in [-0.4, -0.2) is 17.4 Å². The second-order valence-corrected chi connectivity index (χ2v) is 5.61. The first kappa shape index (κ1) is 15.2. The first-order chi connectivity index (χ1) is 9.97. The first-order valence-corrected chi connectivity index (χ1v) is 7.19. The minimum absolute atomic E-state index is 0.0454. The zero-order valence-corrected chi connectivity index (χ0v) is 13.0. The quantitative estimate of drug-likeness (QED) is 0.768. The zero-order valence-electron chi connectivity index (χ0n) is 13.0. The maximum atomic E-state index is 11.4. The number of ether oxygens (including phenoxy) is 1. The minimum Gasteiger partial charge on any atom is -0.493 e. The second kappa shape index (κ2) is 6.53. The van der Waals surface area contributed by atoms with Gasteiger partial charge in [-0.2, -0.15) is 0 Å². The molecule has 2 rings (SSSR count). The Morgan fingerprint density at radius 2 is 1.81 bits per heavy atom. The molecule has 0 aliphatic rings. The lowest BCUT2D eigenvalue weighted by molar-refractivity contribution is 0.101. The van der Waals surface area contributed by atoms with Crippen molar-refractivity contribution >= 4 is 5.78 Å². The van der Waals surface area contributed by atoms with Crippen molar-refractivity contribution in [2.24, 2.45) is 5.92 Å². The van der Waals surface area contributed by atoms with Gasteiger partial charge in [-0.15, -0.1) is 0 Å². The van der Waals surface area contributed by atoms with E-state index in [2.05, 4.69) is 18.8 Å². The Morgan fingerprint density at radius 3 is 2.33 bits per heavy atom. The van der Waals surface area contributed by atoms with Crippen LogP contribution in [0.2, 0.25) is 0 Å². The lowest BCUT2D eigenvalue weighted by Gasteiger charge is -2.10. The van der Waals surface area contributed by atoms with E-state index in [-0.39, 0.29) is 5.78 Å². The van der Waals surface area contributed by atoms with Crippen LogP contribution < -0.4 is 4.74 Å². The summed E-state index contributed by atoms with van der Waals surface area (Å²) in [5.74, 6) is 1.42. The second-order valence-electron chi connectivity index (χ2n) is 5.61. The molecule has 1 heterocycles. The third-order valence-corrected chi connectivity index (χ3v) is 3.20. The number of carbonyl (C=O) groups excluding carboxylic acids is 1. The molecular weight excluding hydrogens is 262 g/mol. The molecule has 0 amide bonds. The van der Waals surface area contributed by atoms with Gasteiger partial charge in [-0.3, -0.25) is 9.78 Å². The average molecular weight is 283 g/mol. The molecule has 3 heteroatoms. The van der Waals surface area contributed by atoms with E-state index in [0.717, 1.165) is 22.7 Å². The number of pyridine rings is 1. The predicted octanol–water partition coefficient (Wildman–Crippen LogP) is 4.29. The van der Waals surface area contributed by atoms with Crippen molar-refractivity contribution < 1.29 is 9.53 Å². The molecule has 2 aromatic rings. The Kier molecular flexibility index (Phi) is 4.73. The number of nitrogens with zero attached hydrogens (tertiary/aromatic N) is 1. The van der Waals surface area contributed by atoms with Crippen molar-refractivity contribution in [3.63, 3.8) is 0 Å². The highest BCUT2D eigenvalue weighted by atomic mass is 16.5. The molecule has 0 saturated carbocycles. The summed E-state index contributed by atoms with van der Waals surface area (Å²) in [5, 5.41) is 0. The van der Waals surface area contributed by atoms with Gasteiger partial charge in [0, 0.05) is 16.8 Å². The van der Waals surface area contributed by atoms with Crippen molar-refractivity contribution in [3.8, 4) is 17.0 Å². The van der Waals surface area contributed by atoms with Gasteiger partial charge in [-0.05, 0) is 56.2 Å². The number of aryl methyl sites for hydroxylation is 1. The average Bonchev–Trinajstić information content (AvgIpc) is 2.45. The summed E-state index contributed by atoms with van der Waals surface area (Å²) in [6.07, 6.45) is 0. The molecule has 0 aliphatic carbocycles. The molecule has 110 valence electrons. The molecule has 0 spiro atoms. The SMILES string of the molecule is CC(=O)c1ccc(-c2ccc(OCC(C)C)cc2)nc1C. The van der Waals surface area contributed by atoms with Crippen LogP contribution in [0.15, 0.2) is 36.4 Å². The molecule has 0 fully saturated rings. The molecule has 1 aromatic heterocycles. The van der Waals surface area contributed by atoms with Crippen LogP contribution in [0.1, 0.15) is 36.8 Å². The summed E-state index contributed by atoms with van der Waals surface area (Å²) in [6.45, 7) is 8.38. The monoisotopic (exact) mass is 283 g/mol. The fourth-order valence-electron chi connectivity index (χ4n) is 2.08. The van der Waals surface area contributed by atoms with E-state index in [9.17, 15) is 4.79 Å². The lowest BCUT2D eigenvalue weighted by Crippen LogP contribution is -2.04. The van der Waals surface area contributed by atoms with Gasteiger partial charge < -0.3 is 4.74 Å². The van der Waals surface area contributed by atoms with Crippen LogP contribution >= 0.6 is 0 Å². The molecule has 0 radical (unpaired) electrons. The molecule has 21 heavy (non-hydrogen) atoms. The van der Waals surface area contributed by atoms with Gasteiger partial charge in [0.25, 0.3) is 0 Å². The number of carbonyl (C=O) groups is 1. The Labute approximate surface area is 126 Å². The number of hydrogen-bond donors (Lipinski definition) is 0. The maximum Gasteiger partial charge on any atom is 0.161 e. The lowest BCUT2D eigenvalue weighted by atomic mass is 10.1. The highest BCUT2D eigenvalue weighted by molar-refractivity contribution is 5.95. The van der Waals surface area contributed by atoms with Gasteiger partial charge in [0.1, 0.15) is 5.75 Å². The van der Waals surface area contributed by atoms with Gasteiger partial charge >= 0.3 is 0 Å². The van der Waals surface area contributed by atoms with Crippen LogP contribution in [-0.2, 0) is 0 Å². The zero-order chi connectivity index (χ0) is 15.4. The van der Waals surface area contributed by atoms with Crippen LogP contribution in [0, 0.1) is 12.8 Å². The van der Waals surface area contributed by atoms with Crippen molar-refractivity contribution in [2.75, 3.05) is 6.61 Å². The number of Topliss-reactive ketones (excluding diaryl/α,β-unsaturated/α-hetero) is 1. The van der Waals surface area contributed by atoms with Crippen molar-refractivity contribution in [1.29, 1.82) is 0 Å². The van der Waals surface area contributed by atoms with Crippen molar-refractivity contribution in [1.82, 2.24) is 4.98 Å². The van der Waals surface area contributed by atoms with E-state index in [0.29, 0.717) is 18.1 Å². The van der Waals surface area contributed by atoms with E-state index >= 15 is 0 Å². The smallest absolute Gasteiger partial charge is 0.161 e. The fraction of sp³-hybridized carbons (Fsp3) is 0.333. The molecule has 3 nitrogen and oxygen atoms in total. The van der Waals surface area contributed by atoms with Crippen molar-refractivity contribution in [3.05, 3.63) is 47.7 Å². The first-order valence-electron chi connectivity index (χ1n) is 7.19. The van der Waals surface area contributed by atoms with Crippen LogP contribution in [0.25, 0.3) is 11.3 Å². The topological polar surface area (TPSA) is 39.2 Å². The van der Waals surface area contributed by atoms with E-state index in [1.54, 1.807) is 6.92 Å². The molecule has 0 saturated heterocycles. The van der Waals surface area contributed by atoms with Gasteiger partial charge in [0.2, 0.25) is 0 Å². The summed E-state index contributed by atoms with van der Waals surface area (Å²) in [6, 6.07) is 11.6. The third-order valence-electron chi connectivity index (χ3n) is 3.20. The summed E-state index contributed by atoms with van der Waals surface area (Å²) >= 11 is 0. The molecule has 0 N–H and O–H groups in total. The summed E-state index contributed by atoms with van der Waals surface area (Å²) in [7, 11) is 0. The van der Waals surface area contributed by atoms with Gasteiger partial charge in [-0.25, -0.2) is 0 Å². The van der Waals surface area contributed by atoms with Gasteiger partial charge in [0.05, 0.1) is 12.3 Å². The molecule has 0 aliphatic heterocycles. The van der Waals surface area contributed by atoms with Crippen molar-refractivity contribution in [2.45, 2.75) is 27.7 Å². The van der Waals surface area contributed by atoms with Gasteiger partial charge in [-0.1, -0.05) is 13.8 Å². The number of ketones is 1. The summed E-state index contributed by atoms with van der Waals surface area (Å²) in [5.41, 5.74) is 3.33. The number of hydrogen-bond acceptors (Lipinski definition) is 3. The Balaban J connectivity index is 2.19. The van der Waals surface area contributed by atoms with E-state index in [1.165, 1.54) is 0 Å². The van der Waals surface area contributed by atoms with Crippen LogP contribution in [0.5, 0.6) is 5.75 Å². The number of rotatable bonds is 5. The Hall–Kier alpha value is -2.16. The van der Waals surface area contributed by atoms with Gasteiger partial charge in [0.15, 0.2) is 5.78 Å². The third kappa shape index (κ3) is 3.91. The molecule has 0 atom stereocenters. The van der Waals surface area contributed by atoms with E-state index in [4.69, 9.17) is 4.74 Å². The highest BCUT2D eigenvalue weighted by Gasteiger charge is 2.07. The Bertz CT molecular complexity index is 630. The standard InChI is InChI=1S/C18H21NO2/c1-12(2)11-21-16-7-5-15(6-8-16)18-10-9-17(14(4)20)13(3)19-18/h5-10,12H,11H2,1-4H3. The molecule has 0 bridgehead atoms. The largest absolute Gasteiger partial charge is 0.493 e. The molecular formula is C18H21NO2. The summed E-state index contributed by atoms with van der Waals surface area (Å²) in [4.78, 5) is 15.9. The summed E-state index contributed by atoms with van der Waals surface area (Å²) < 4.78 is 5.67.